The fourth-order valence-corrected chi connectivity index (χ4v) is 7.85. The topological polar surface area (TPSA) is 321 Å². The van der Waals surface area contributed by atoms with E-state index in [4.69, 9.17) is 23.7 Å². The third-order valence-electron chi connectivity index (χ3n) is 11.0. The van der Waals surface area contributed by atoms with E-state index in [9.17, 15) is 57.5 Å². The van der Waals surface area contributed by atoms with Crippen molar-refractivity contribution in [3.63, 3.8) is 0 Å². The average molecular weight is 1070 g/mol. The van der Waals surface area contributed by atoms with Crippen LogP contribution < -0.4 is 26.6 Å². The number of nitrogens with zero attached hydrogens (tertiary/aromatic N) is 3. The summed E-state index contributed by atoms with van der Waals surface area (Å²) in [6, 6.07) is -0.576. The van der Waals surface area contributed by atoms with Crippen molar-refractivity contribution in [1.82, 2.24) is 41.3 Å². The van der Waals surface area contributed by atoms with E-state index in [2.05, 4.69) is 26.6 Å². The SMILES string of the molecule is CCCCC(=O)CN(CCNC(=O)COC1C(OCC(=O)NCC(CC(C)=O)NCC(C)=O)C(CC)OC(OCC(=O)NCCN(CC(C)=O)CC(C)=O)C1OCC(=O)NCCN(CC(C)=O)CC(C)=O)CC(C)=O. The van der Waals surface area contributed by atoms with Gasteiger partial charge in [-0.3, -0.25) is 72.2 Å². The van der Waals surface area contributed by atoms with Crippen molar-refractivity contribution in [1.29, 1.82) is 0 Å². The second kappa shape index (κ2) is 38.4. The maximum absolute atomic E-state index is 13.5. The van der Waals surface area contributed by atoms with Gasteiger partial charge in [-0.25, -0.2) is 0 Å². The Morgan fingerprint density at radius 3 is 1.28 bits per heavy atom. The van der Waals surface area contributed by atoms with Crippen molar-refractivity contribution in [3.05, 3.63) is 0 Å². The smallest absolute Gasteiger partial charge is 0.246 e. The lowest BCUT2D eigenvalue weighted by atomic mass is 9.96. The Morgan fingerprint density at radius 1 is 0.480 bits per heavy atom. The van der Waals surface area contributed by atoms with Crippen LogP contribution >= 0.6 is 0 Å². The van der Waals surface area contributed by atoms with Crippen LogP contribution in [0.5, 0.6) is 0 Å². The van der Waals surface area contributed by atoms with Gasteiger partial charge in [-0.15, -0.1) is 0 Å². The van der Waals surface area contributed by atoms with Crippen molar-refractivity contribution in [3.8, 4) is 0 Å². The van der Waals surface area contributed by atoms with Crippen molar-refractivity contribution in [2.24, 2.45) is 0 Å². The second-order valence-electron chi connectivity index (χ2n) is 18.9. The fraction of sp³-hybridized carbons (Fsp3) is 0.760. The number of carbonyl (C=O) groups excluding carboxylic acids is 12. The highest BCUT2D eigenvalue weighted by Crippen LogP contribution is 2.30. The largest absolute Gasteiger partial charge is 0.363 e. The molecule has 0 aromatic rings. The zero-order valence-corrected chi connectivity index (χ0v) is 45.5. The van der Waals surface area contributed by atoms with Gasteiger partial charge in [0.2, 0.25) is 23.6 Å². The van der Waals surface area contributed by atoms with Gasteiger partial charge in [0.05, 0.1) is 51.9 Å². The van der Waals surface area contributed by atoms with Crippen LogP contribution in [0, 0.1) is 0 Å². The minimum atomic E-state index is -1.48. The van der Waals surface area contributed by atoms with Crippen LogP contribution in [-0.4, -0.2) is 239 Å². The molecule has 0 aliphatic carbocycles. The summed E-state index contributed by atoms with van der Waals surface area (Å²) in [5.74, 6) is -3.87. The number of hydrogen-bond donors (Lipinski definition) is 5. The summed E-state index contributed by atoms with van der Waals surface area (Å²) in [4.78, 5) is 154. The van der Waals surface area contributed by atoms with E-state index in [1.54, 1.807) is 21.6 Å². The summed E-state index contributed by atoms with van der Waals surface area (Å²) in [5.41, 5.74) is 0. The molecular formula is C50H84N8O17. The maximum Gasteiger partial charge on any atom is 0.246 e. The Balaban J connectivity index is 3.55. The van der Waals surface area contributed by atoms with Gasteiger partial charge in [0.15, 0.2) is 6.29 Å². The Hall–Kier alpha value is -5.12. The third kappa shape index (κ3) is 32.8. The van der Waals surface area contributed by atoms with Crippen molar-refractivity contribution in [2.45, 2.75) is 131 Å². The van der Waals surface area contributed by atoms with Gasteiger partial charge in [-0.2, -0.15) is 0 Å². The Labute approximate surface area is 440 Å². The molecule has 25 nitrogen and oxygen atoms in total. The Kier molecular flexibility index (Phi) is 34.8. The molecule has 6 atom stereocenters. The number of nitrogens with one attached hydrogen (secondary N) is 5. The molecule has 1 aliphatic heterocycles. The van der Waals surface area contributed by atoms with Gasteiger partial charge in [0.1, 0.15) is 91.0 Å². The number of unbranched alkanes of at least 4 members (excludes halogenated alkanes) is 1. The fourth-order valence-electron chi connectivity index (χ4n) is 7.85. The molecular weight excluding hydrogens is 985 g/mol. The molecule has 0 aromatic heterocycles. The summed E-state index contributed by atoms with van der Waals surface area (Å²) in [6.07, 6.45) is -4.37. The van der Waals surface area contributed by atoms with Gasteiger partial charge in [0.25, 0.3) is 0 Å². The van der Waals surface area contributed by atoms with Crippen LogP contribution in [0.15, 0.2) is 0 Å². The Morgan fingerprint density at radius 2 is 0.880 bits per heavy atom. The van der Waals surface area contributed by atoms with E-state index in [1.165, 1.54) is 48.5 Å². The molecule has 6 unspecified atom stereocenters. The summed E-state index contributed by atoms with van der Waals surface area (Å²) >= 11 is 0. The van der Waals surface area contributed by atoms with Crippen molar-refractivity contribution in [2.75, 3.05) is 118 Å². The van der Waals surface area contributed by atoms with Crippen LogP contribution in [0.3, 0.4) is 0 Å². The highest BCUT2D eigenvalue weighted by Gasteiger charge is 2.49. The predicted molar refractivity (Wildman–Crippen MR) is 271 cm³/mol. The van der Waals surface area contributed by atoms with Crippen molar-refractivity contribution >= 4 is 69.9 Å². The summed E-state index contributed by atoms with van der Waals surface area (Å²) in [5, 5.41) is 13.7. The number of rotatable bonds is 44. The first kappa shape index (κ1) is 67.9. The maximum atomic E-state index is 13.5. The lowest BCUT2D eigenvalue weighted by Gasteiger charge is -2.45. The second-order valence-corrected chi connectivity index (χ2v) is 18.9. The van der Waals surface area contributed by atoms with Gasteiger partial charge in [-0.1, -0.05) is 20.3 Å². The molecule has 0 aromatic carbocycles. The zero-order valence-electron chi connectivity index (χ0n) is 45.5. The van der Waals surface area contributed by atoms with E-state index in [0.29, 0.717) is 12.8 Å². The van der Waals surface area contributed by atoms with Crippen LogP contribution in [0.4, 0.5) is 0 Å². The Bertz CT molecular complexity index is 1870. The van der Waals surface area contributed by atoms with E-state index in [0.717, 1.165) is 6.42 Å². The molecule has 1 fully saturated rings. The minimum Gasteiger partial charge on any atom is -0.363 e. The number of hydrogen-bond acceptors (Lipinski definition) is 21. The average Bonchev–Trinajstić information content (AvgIpc) is 3.30. The van der Waals surface area contributed by atoms with Crippen LogP contribution in [-0.2, 0) is 81.2 Å². The summed E-state index contributed by atoms with van der Waals surface area (Å²) in [6.45, 7) is 11.1. The first-order chi connectivity index (χ1) is 35.4. The molecule has 0 saturated carbocycles. The molecule has 426 valence electrons. The molecule has 1 heterocycles. The van der Waals surface area contributed by atoms with E-state index in [-0.39, 0.29) is 151 Å². The zero-order chi connectivity index (χ0) is 56.5. The monoisotopic (exact) mass is 1070 g/mol. The minimum absolute atomic E-state index is 0.00737. The van der Waals surface area contributed by atoms with Gasteiger partial charge in [0, 0.05) is 64.7 Å². The van der Waals surface area contributed by atoms with Gasteiger partial charge in [-0.05, 0) is 61.3 Å². The molecule has 0 bridgehead atoms. The normalized spacial score (nSPS) is 17.8. The molecule has 5 N–H and O–H groups in total. The number of carbonyl (C=O) groups is 12. The molecule has 25 heteroatoms. The third-order valence-corrected chi connectivity index (χ3v) is 11.0. The molecule has 1 aliphatic rings. The van der Waals surface area contributed by atoms with Gasteiger partial charge >= 0.3 is 0 Å². The predicted octanol–water partition coefficient (Wildman–Crippen LogP) is -2.11. The number of Topliss-reactive ketones (excluding diaryl/α,β-unsaturated/α-hetero) is 8. The van der Waals surface area contributed by atoms with Crippen molar-refractivity contribution < 1.29 is 81.2 Å². The van der Waals surface area contributed by atoms with Crippen LogP contribution in [0.1, 0.15) is 94.4 Å². The molecule has 0 radical (unpaired) electrons. The standard InChI is InChI=1S/C50H84N8O17/c1-10-12-13-41(66)28-58(27-39(9)65)19-16-52-43(67)29-72-48-47(71-31-46(70)55-22-40(20-33(3)59)54-21-34(4)60)42(11-2)75-50(74-32-45(69)53-15-18-57(25-37(7)63)26-38(8)64)49(48)73-30-44(68)51-14-17-56(23-35(5)61)24-36(6)62/h40,42,47-50,54H,10-32H2,1-9H3,(H,51,68)(H,52,67)(H,53,69)(H,55,70). The molecule has 0 spiro atoms. The van der Waals surface area contributed by atoms with E-state index in [1.807, 2.05) is 6.92 Å². The molecule has 75 heavy (non-hydrogen) atoms. The number of ether oxygens (including phenoxy) is 5. The first-order valence-corrected chi connectivity index (χ1v) is 25.5. The number of amides is 4. The lowest BCUT2D eigenvalue weighted by Crippen LogP contribution is -2.62. The van der Waals surface area contributed by atoms with E-state index >= 15 is 0 Å². The molecule has 4 amide bonds. The van der Waals surface area contributed by atoms with E-state index < -0.39 is 86.8 Å². The summed E-state index contributed by atoms with van der Waals surface area (Å²) < 4.78 is 30.9. The first-order valence-electron chi connectivity index (χ1n) is 25.5. The lowest BCUT2D eigenvalue weighted by molar-refractivity contribution is -0.314. The highest BCUT2D eigenvalue weighted by atomic mass is 16.7. The number of ketones is 8. The summed E-state index contributed by atoms with van der Waals surface area (Å²) in [7, 11) is 0. The quantitative estimate of drug-likeness (QED) is 0.0436. The highest BCUT2D eigenvalue weighted by molar-refractivity contribution is 5.84. The molecule has 1 rings (SSSR count). The molecule has 1 saturated heterocycles. The van der Waals surface area contributed by atoms with Crippen LogP contribution in [0.2, 0.25) is 0 Å². The van der Waals surface area contributed by atoms with Crippen LogP contribution in [0.25, 0.3) is 0 Å². The van der Waals surface area contributed by atoms with Gasteiger partial charge < -0.3 is 50.3 Å².